The highest BCUT2D eigenvalue weighted by Crippen LogP contribution is 2.54. The van der Waals surface area contributed by atoms with Crippen molar-refractivity contribution in [3.8, 4) is 56.9 Å². The number of hydrogen-bond acceptors (Lipinski definition) is 6. The van der Waals surface area contributed by atoms with Crippen LogP contribution in [-0.2, 0) is 0 Å². The van der Waals surface area contributed by atoms with Crippen molar-refractivity contribution in [2.45, 2.75) is 0 Å². The molecule has 13 aromatic rings. The zero-order chi connectivity index (χ0) is 47.3. The topological polar surface area (TPSA) is 60.6 Å². The Balaban J connectivity index is 1.02. The van der Waals surface area contributed by atoms with Gasteiger partial charge in [-0.25, -0.2) is 0 Å². The van der Waals surface area contributed by atoms with Crippen molar-refractivity contribution >= 4 is 78.0 Å². The lowest BCUT2D eigenvalue weighted by Gasteiger charge is -2.34. The molecule has 2 aliphatic heterocycles. The highest BCUT2D eigenvalue weighted by molar-refractivity contribution is 6.29. The average molecular weight is 925 g/mol. The minimum absolute atomic E-state index is 0.516. The monoisotopic (exact) mass is 924 g/mol. The zero-order valence-corrected chi connectivity index (χ0v) is 38.6. The summed E-state index contributed by atoms with van der Waals surface area (Å²) in [6, 6.07) is 84.8. The van der Waals surface area contributed by atoms with Crippen LogP contribution < -0.4 is 19.3 Å². The van der Waals surface area contributed by atoms with Gasteiger partial charge in [0.1, 0.15) is 11.6 Å². The van der Waals surface area contributed by atoms with E-state index >= 15 is 0 Å². The molecule has 8 nitrogen and oxygen atoms in total. The first-order valence-corrected chi connectivity index (χ1v) is 24.1. The molecule has 0 saturated heterocycles. The summed E-state index contributed by atoms with van der Waals surface area (Å²) in [5.74, 6) is 4.82. The maximum absolute atomic E-state index is 6.54. The van der Waals surface area contributed by atoms with Gasteiger partial charge in [-0.2, -0.15) is 9.97 Å². The van der Waals surface area contributed by atoms with Gasteiger partial charge >= 0.3 is 0 Å². The van der Waals surface area contributed by atoms with E-state index in [2.05, 4.69) is 189 Å². The summed E-state index contributed by atoms with van der Waals surface area (Å²) in [4.78, 5) is 15.6. The summed E-state index contributed by atoms with van der Waals surface area (Å²) in [7, 11) is 0. The number of hydrogen-bond donors (Lipinski definition) is 0. The third-order valence-electron chi connectivity index (χ3n) is 14.1. The molecule has 8 heteroatoms. The molecule has 15 rings (SSSR count). The summed E-state index contributed by atoms with van der Waals surface area (Å²) >= 11 is 0. The highest BCUT2D eigenvalue weighted by Gasteiger charge is 2.32. The third kappa shape index (κ3) is 6.12. The minimum Gasteiger partial charge on any atom is -0.453 e. The van der Waals surface area contributed by atoms with Crippen molar-refractivity contribution in [3.63, 3.8) is 0 Å². The fourth-order valence-electron chi connectivity index (χ4n) is 11.0. The first-order chi connectivity index (χ1) is 35.7. The van der Waals surface area contributed by atoms with E-state index < -0.39 is 0 Å². The lowest BCUT2D eigenvalue weighted by atomic mass is 9.98. The van der Waals surface area contributed by atoms with Crippen LogP contribution in [-0.4, -0.2) is 19.1 Å². The SMILES string of the molecule is c1ccc(-c2cc(-c3ccccc3)cc(-n3c4ccccc4c4c5c6ccccc6n(-c6nc(N7c8ccccc8Oc8ccccc87)cc(N7c8ccccc8Oc8ccccc87)n6)c5ccc43)c2)cc1. The van der Waals surface area contributed by atoms with E-state index in [0.29, 0.717) is 17.6 Å². The summed E-state index contributed by atoms with van der Waals surface area (Å²) in [6.45, 7) is 0. The Labute approximate surface area is 414 Å². The summed E-state index contributed by atoms with van der Waals surface area (Å²) in [5.41, 5.74) is 13.4. The van der Waals surface area contributed by atoms with E-state index in [9.17, 15) is 0 Å². The molecule has 0 saturated carbocycles. The number of fused-ring (bicyclic) bond motifs is 11. The van der Waals surface area contributed by atoms with Gasteiger partial charge in [0.15, 0.2) is 23.0 Å². The van der Waals surface area contributed by atoms with Crippen molar-refractivity contribution in [2.75, 3.05) is 9.80 Å². The Morgan fingerprint density at radius 3 is 1.12 bits per heavy atom. The predicted octanol–water partition coefficient (Wildman–Crippen LogP) is 17.2. The summed E-state index contributed by atoms with van der Waals surface area (Å²) in [6.07, 6.45) is 0. The highest BCUT2D eigenvalue weighted by atomic mass is 16.5. The van der Waals surface area contributed by atoms with Crippen LogP contribution >= 0.6 is 0 Å². The normalized spacial score (nSPS) is 12.6. The third-order valence-corrected chi connectivity index (χ3v) is 14.1. The van der Waals surface area contributed by atoms with E-state index in [4.69, 9.17) is 19.4 Å². The number of nitrogens with zero attached hydrogens (tertiary/aromatic N) is 6. The molecule has 0 amide bonds. The molecule has 0 fully saturated rings. The van der Waals surface area contributed by atoms with Crippen molar-refractivity contribution in [1.29, 1.82) is 0 Å². The van der Waals surface area contributed by atoms with Gasteiger partial charge in [0.05, 0.1) is 44.8 Å². The molecular formula is C64H40N6O2. The number of para-hydroxylation sites is 10. The van der Waals surface area contributed by atoms with Gasteiger partial charge in [0.2, 0.25) is 5.95 Å². The van der Waals surface area contributed by atoms with Crippen LogP contribution in [0.15, 0.2) is 243 Å². The van der Waals surface area contributed by atoms with Gasteiger partial charge in [-0.05, 0) is 113 Å². The van der Waals surface area contributed by atoms with Gasteiger partial charge in [-0.3, -0.25) is 14.4 Å². The van der Waals surface area contributed by atoms with E-state index in [-0.39, 0.29) is 0 Å². The minimum atomic E-state index is 0.516. The number of anilines is 6. The molecule has 0 atom stereocenters. The molecule has 0 bridgehead atoms. The van der Waals surface area contributed by atoms with Crippen molar-refractivity contribution in [3.05, 3.63) is 243 Å². The van der Waals surface area contributed by atoms with E-state index in [0.717, 1.165) is 117 Å². The Morgan fingerprint density at radius 2 is 0.667 bits per heavy atom. The number of aromatic nitrogens is 4. The maximum Gasteiger partial charge on any atom is 0.238 e. The number of benzene rings is 10. The second kappa shape index (κ2) is 15.8. The molecule has 3 aromatic heterocycles. The van der Waals surface area contributed by atoms with Gasteiger partial charge in [-0.15, -0.1) is 0 Å². The van der Waals surface area contributed by atoms with Crippen molar-refractivity contribution < 1.29 is 9.47 Å². The molecule has 0 spiro atoms. The molecule has 2 aliphatic rings. The lowest BCUT2D eigenvalue weighted by Crippen LogP contribution is -2.21. The second-order valence-corrected chi connectivity index (χ2v) is 18.2. The average Bonchev–Trinajstić information content (AvgIpc) is 3.97. The van der Waals surface area contributed by atoms with Crippen LogP contribution in [0.2, 0.25) is 0 Å². The van der Waals surface area contributed by atoms with E-state index in [1.165, 1.54) is 0 Å². The lowest BCUT2D eigenvalue weighted by molar-refractivity contribution is 0.476. The number of rotatable bonds is 6. The molecule has 338 valence electrons. The molecular weight excluding hydrogens is 885 g/mol. The maximum atomic E-state index is 6.54. The molecule has 0 radical (unpaired) electrons. The van der Waals surface area contributed by atoms with Gasteiger partial charge in [0, 0.05) is 33.3 Å². The van der Waals surface area contributed by atoms with Crippen LogP contribution in [0.4, 0.5) is 34.4 Å². The molecule has 0 aliphatic carbocycles. The number of ether oxygens (including phenoxy) is 2. The fourth-order valence-corrected chi connectivity index (χ4v) is 11.0. The quantitative estimate of drug-likeness (QED) is 0.166. The Kier molecular flexibility index (Phi) is 8.79. The molecule has 72 heavy (non-hydrogen) atoms. The van der Waals surface area contributed by atoms with Gasteiger partial charge in [0.25, 0.3) is 0 Å². The van der Waals surface area contributed by atoms with Crippen LogP contribution in [0.3, 0.4) is 0 Å². The Bertz CT molecular complexity index is 4050. The van der Waals surface area contributed by atoms with Crippen molar-refractivity contribution in [2.24, 2.45) is 0 Å². The first-order valence-electron chi connectivity index (χ1n) is 24.1. The smallest absolute Gasteiger partial charge is 0.238 e. The summed E-state index contributed by atoms with van der Waals surface area (Å²) < 4.78 is 17.7. The molecule has 10 aromatic carbocycles. The van der Waals surface area contributed by atoms with Crippen LogP contribution in [0.1, 0.15) is 0 Å². The Hall–Kier alpha value is -9.92. The van der Waals surface area contributed by atoms with Crippen LogP contribution in [0.25, 0.3) is 77.5 Å². The standard InChI is InChI=1S/C64H40N6O2/c1-3-19-41(20-4-1)43-37-44(42-21-5-2-6-22-42)39-45(38-43)67-48-25-9-7-23-46(48)62-54(67)35-36-55-63(62)47-24-8-10-26-49(47)70(55)64-65-60(68-50-27-11-15-31-56(50)71-57-32-16-12-28-51(57)68)40-61(66-64)69-52-29-13-17-33-58(52)72-59-34-18-14-30-53(59)69/h1-40H. The second-order valence-electron chi connectivity index (χ2n) is 18.2. The largest absolute Gasteiger partial charge is 0.453 e. The van der Waals surface area contributed by atoms with E-state index in [1.54, 1.807) is 0 Å². The fraction of sp³-hybridized carbons (Fsp3) is 0. The van der Waals surface area contributed by atoms with Crippen LogP contribution in [0.5, 0.6) is 23.0 Å². The molecule has 5 heterocycles. The zero-order valence-electron chi connectivity index (χ0n) is 38.6. The van der Waals surface area contributed by atoms with Gasteiger partial charge in [-0.1, -0.05) is 146 Å². The first kappa shape index (κ1) is 40.0. The molecule has 0 N–H and O–H groups in total. The van der Waals surface area contributed by atoms with Gasteiger partial charge < -0.3 is 14.0 Å². The summed E-state index contributed by atoms with van der Waals surface area (Å²) in [5, 5.41) is 4.54. The van der Waals surface area contributed by atoms with Crippen molar-refractivity contribution in [1.82, 2.24) is 19.1 Å². The Morgan fingerprint density at radius 1 is 0.292 bits per heavy atom. The predicted molar refractivity (Wildman–Crippen MR) is 291 cm³/mol. The van der Waals surface area contributed by atoms with E-state index in [1.807, 2.05) is 72.8 Å². The molecule has 0 unspecified atom stereocenters. The van der Waals surface area contributed by atoms with Crippen LogP contribution in [0, 0.1) is 0 Å².